The molecule has 0 aliphatic carbocycles. The normalized spacial score (nSPS) is 22.5. The lowest BCUT2D eigenvalue weighted by Gasteiger charge is -2.30. The van der Waals surface area contributed by atoms with Gasteiger partial charge in [-0.05, 0) is 57.6 Å². The molecule has 4 heterocycles. The molecule has 3 unspecified atom stereocenters. The fraction of sp³-hybridized carbons (Fsp3) is 0.486. The van der Waals surface area contributed by atoms with Crippen LogP contribution in [0.1, 0.15) is 51.0 Å². The second kappa shape index (κ2) is 17.5. The Morgan fingerprint density at radius 2 is 1.51 bits per heavy atom. The number of nitrogens with zero attached hydrogens (tertiary/aromatic N) is 5. The van der Waals surface area contributed by atoms with E-state index in [0.717, 1.165) is 37.1 Å². The number of nitrogens with one attached hydrogen (secondary N) is 2. The van der Waals surface area contributed by atoms with Crippen LogP contribution in [0.3, 0.4) is 0 Å². The predicted molar refractivity (Wildman–Crippen MR) is 203 cm³/mol. The highest BCUT2D eigenvalue weighted by atomic mass is 31.2. The molecule has 0 saturated carbocycles. The fourth-order valence-corrected chi connectivity index (χ4v) is 8.66. The molecule has 0 spiro atoms. The molecule has 4 aromatic rings. The van der Waals surface area contributed by atoms with Crippen molar-refractivity contribution in [1.29, 1.82) is 0 Å². The summed E-state index contributed by atoms with van der Waals surface area (Å²) < 4.78 is 39.5. The number of benzene rings is 2. The maximum atomic E-state index is 15.0. The summed E-state index contributed by atoms with van der Waals surface area (Å²) in [4.78, 5) is 42.1. The first-order chi connectivity index (χ1) is 26.4. The lowest BCUT2D eigenvalue weighted by molar-refractivity contribution is -0.145. The van der Waals surface area contributed by atoms with E-state index in [4.69, 9.17) is 24.5 Å². The highest BCUT2D eigenvalue weighted by molar-refractivity contribution is 7.54. The molecule has 6 rings (SSSR count). The second-order valence-corrected chi connectivity index (χ2v) is 15.6. The molecule has 0 amide bonds. The third kappa shape index (κ3) is 9.32. The maximum absolute atomic E-state index is 15.0. The van der Waals surface area contributed by atoms with Crippen LogP contribution in [0.4, 0.5) is 11.8 Å². The van der Waals surface area contributed by atoms with E-state index < -0.39 is 62.3 Å². The summed E-state index contributed by atoms with van der Waals surface area (Å²) in [5.41, 5.74) is 6.41. The van der Waals surface area contributed by atoms with Crippen molar-refractivity contribution >= 4 is 42.5 Å². The molecule has 18 heteroatoms. The van der Waals surface area contributed by atoms with Crippen LogP contribution in [0.5, 0.6) is 0 Å². The summed E-state index contributed by atoms with van der Waals surface area (Å²) in [6, 6.07) is 15.7. The fourth-order valence-electron chi connectivity index (χ4n) is 6.87. The molecule has 2 saturated heterocycles. The van der Waals surface area contributed by atoms with Gasteiger partial charge in [0.15, 0.2) is 23.2 Å². The van der Waals surface area contributed by atoms with Crippen molar-refractivity contribution in [1.82, 2.24) is 29.7 Å². The van der Waals surface area contributed by atoms with Gasteiger partial charge in [-0.3, -0.25) is 18.7 Å². The minimum absolute atomic E-state index is 0.00521. The summed E-state index contributed by atoms with van der Waals surface area (Å²) in [6.07, 6.45) is -0.529. The molecule has 17 nitrogen and oxygen atoms in total. The first-order valence-corrected chi connectivity index (χ1v) is 20.1. The average Bonchev–Trinajstić information content (AvgIpc) is 3.90. The molecule has 6 N–H and O–H groups in total. The van der Waals surface area contributed by atoms with Crippen molar-refractivity contribution in [3.8, 4) is 0 Å². The van der Waals surface area contributed by atoms with Gasteiger partial charge in [0, 0.05) is 13.1 Å². The number of nitrogen functional groups attached to an aromatic ring is 1. The van der Waals surface area contributed by atoms with Gasteiger partial charge in [0.25, 0.3) is 0 Å². The Hall–Kier alpha value is -4.48. The van der Waals surface area contributed by atoms with Gasteiger partial charge >= 0.3 is 19.6 Å². The SMILES string of the molecule is CCOC(=O)[C@H](Cc1ccccc1)NP(=O)(N[C@@H](Cc1ccccc1)C(=O)OCC)OC[C@H]1OC(n2cnc3c(N4CCCC4)nc(N)nc32)C(C)(O)C1O. The van der Waals surface area contributed by atoms with Crippen molar-refractivity contribution in [2.75, 3.05) is 43.5 Å². The molecular weight excluding hydrogens is 731 g/mol. The quantitative estimate of drug-likeness (QED) is 0.0767. The van der Waals surface area contributed by atoms with E-state index in [9.17, 15) is 19.8 Å². The number of esters is 2. The summed E-state index contributed by atoms with van der Waals surface area (Å²) in [6.45, 7) is 5.81. The molecule has 2 aromatic heterocycles. The van der Waals surface area contributed by atoms with Crippen molar-refractivity contribution in [2.45, 2.75) is 82.6 Å². The van der Waals surface area contributed by atoms with Crippen LogP contribution in [0.25, 0.3) is 11.2 Å². The number of anilines is 2. The molecule has 2 aromatic carbocycles. The average molecular weight is 781 g/mol. The summed E-state index contributed by atoms with van der Waals surface area (Å²) in [7, 11) is -4.46. The van der Waals surface area contributed by atoms with E-state index in [1.54, 1.807) is 62.4 Å². The third-order valence-corrected chi connectivity index (χ3v) is 11.4. The largest absolute Gasteiger partial charge is 0.465 e. The van der Waals surface area contributed by atoms with Crippen LogP contribution in [-0.2, 0) is 45.7 Å². The summed E-state index contributed by atoms with van der Waals surface area (Å²) in [5.74, 6) is -0.831. The van der Waals surface area contributed by atoms with Crippen LogP contribution < -0.4 is 20.8 Å². The number of nitrogens with two attached hydrogens (primary N) is 1. The van der Waals surface area contributed by atoms with E-state index in [1.165, 1.54) is 17.8 Å². The number of carbonyl (C=O) groups excluding carboxylic acids is 2. The number of aromatic nitrogens is 4. The molecule has 2 aliphatic heterocycles. The molecule has 0 radical (unpaired) electrons. The van der Waals surface area contributed by atoms with E-state index in [0.29, 0.717) is 17.0 Å². The van der Waals surface area contributed by atoms with Crippen LogP contribution in [-0.4, -0.2) is 104 Å². The number of ether oxygens (including phenoxy) is 3. The highest BCUT2D eigenvalue weighted by Crippen LogP contribution is 2.45. The van der Waals surface area contributed by atoms with E-state index in [-0.39, 0.29) is 32.0 Å². The molecular formula is C37H49N8O9P. The Labute approximate surface area is 319 Å². The number of imidazole rings is 1. The second-order valence-electron chi connectivity index (χ2n) is 13.7. The lowest BCUT2D eigenvalue weighted by atomic mass is 9.96. The Bertz CT molecular complexity index is 1890. The van der Waals surface area contributed by atoms with Gasteiger partial charge in [-0.2, -0.15) is 9.97 Å². The summed E-state index contributed by atoms with van der Waals surface area (Å²) >= 11 is 0. The van der Waals surface area contributed by atoms with Gasteiger partial charge in [-0.25, -0.2) is 15.2 Å². The lowest BCUT2D eigenvalue weighted by Crippen LogP contribution is -2.47. The smallest absolute Gasteiger partial charge is 0.342 e. The van der Waals surface area contributed by atoms with E-state index >= 15 is 4.57 Å². The highest BCUT2D eigenvalue weighted by Gasteiger charge is 2.54. The molecule has 2 aliphatic rings. The number of aliphatic hydroxyl groups is 2. The number of carbonyl (C=O) groups is 2. The van der Waals surface area contributed by atoms with Gasteiger partial charge in [-0.1, -0.05) is 60.7 Å². The van der Waals surface area contributed by atoms with Crippen molar-refractivity contribution in [3.63, 3.8) is 0 Å². The van der Waals surface area contributed by atoms with Crippen molar-refractivity contribution in [3.05, 3.63) is 78.1 Å². The standard InChI is InChI=1S/C37H49N8O9P/c1-4-51-33(47)26(20-24-14-8-6-9-15-24)42-55(50,43-27(34(48)52-5-2)21-25-16-10-7-11-17-25)53-22-28-30(46)37(3,49)35(54-28)45-23-39-29-31(44-18-12-13-19-44)40-36(38)41-32(29)45/h6-11,14-17,23,26-28,30,35,46,49H,4-5,12-13,18-22H2,1-3H3,(H2,38,40,41)(H2,42,43,50)/t26-,27-,28+,30?,35?,37?/m0/s1. The first-order valence-electron chi connectivity index (χ1n) is 18.4. The van der Waals surface area contributed by atoms with Crippen LogP contribution >= 0.6 is 7.67 Å². The zero-order valence-electron chi connectivity index (χ0n) is 31.1. The molecule has 2 fully saturated rings. The van der Waals surface area contributed by atoms with Crippen LogP contribution in [0.2, 0.25) is 0 Å². The number of rotatable bonds is 17. The minimum atomic E-state index is -4.46. The van der Waals surface area contributed by atoms with E-state index in [2.05, 4.69) is 30.0 Å². The number of hydrogen-bond acceptors (Lipinski definition) is 14. The van der Waals surface area contributed by atoms with Gasteiger partial charge in [0.05, 0.1) is 26.1 Å². The monoisotopic (exact) mass is 780 g/mol. The van der Waals surface area contributed by atoms with Gasteiger partial charge in [0.2, 0.25) is 5.95 Å². The molecule has 6 atom stereocenters. The molecule has 55 heavy (non-hydrogen) atoms. The van der Waals surface area contributed by atoms with E-state index in [1.807, 2.05) is 12.1 Å². The van der Waals surface area contributed by atoms with Crippen LogP contribution in [0.15, 0.2) is 67.0 Å². The zero-order valence-corrected chi connectivity index (χ0v) is 32.0. The van der Waals surface area contributed by atoms with Crippen molar-refractivity contribution < 1.29 is 43.1 Å². The third-order valence-electron chi connectivity index (χ3n) is 9.61. The Balaban J connectivity index is 1.30. The maximum Gasteiger partial charge on any atom is 0.342 e. The topological polar surface area (TPSA) is 226 Å². The first kappa shape index (κ1) is 40.2. The zero-order chi connectivity index (χ0) is 39.2. The van der Waals surface area contributed by atoms with Gasteiger partial charge < -0.3 is 39.6 Å². The van der Waals surface area contributed by atoms with Gasteiger partial charge in [0.1, 0.15) is 29.9 Å². The number of fused-ring (bicyclic) bond motifs is 1. The summed E-state index contributed by atoms with van der Waals surface area (Å²) in [5, 5.41) is 28.8. The predicted octanol–water partition coefficient (Wildman–Crippen LogP) is 2.67. The minimum Gasteiger partial charge on any atom is -0.465 e. The number of aliphatic hydroxyl groups excluding tert-OH is 1. The molecule has 0 bridgehead atoms. The number of hydrogen-bond donors (Lipinski definition) is 5. The van der Waals surface area contributed by atoms with Gasteiger partial charge in [-0.15, -0.1) is 0 Å². The van der Waals surface area contributed by atoms with Crippen molar-refractivity contribution in [2.24, 2.45) is 0 Å². The Morgan fingerprint density at radius 3 is 2.04 bits per heavy atom. The Morgan fingerprint density at radius 1 is 0.964 bits per heavy atom. The Kier molecular flexibility index (Phi) is 12.8. The molecule has 296 valence electrons. The van der Waals surface area contributed by atoms with Crippen LogP contribution in [0, 0.1) is 0 Å².